The summed E-state index contributed by atoms with van der Waals surface area (Å²) in [6.45, 7) is 1.63. The molecule has 4 aliphatic carbocycles. The van der Waals surface area contributed by atoms with Gasteiger partial charge in [0.25, 0.3) is 0 Å². The van der Waals surface area contributed by atoms with Gasteiger partial charge < -0.3 is 10.3 Å². The van der Waals surface area contributed by atoms with Gasteiger partial charge in [0.2, 0.25) is 0 Å². The van der Waals surface area contributed by atoms with Gasteiger partial charge in [0.1, 0.15) is 0 Å². The van der Waals surface area contributed by atoms with E-state index >= 15 is 0 Å². The molecule has 0 spiro atoms. The summed E-state index contributed by atoms with van der Waals surface area (Å²) < 4.78 is 42.7. The molecule has 4 aliphatic rings. The lowest BCUT2D eigenvalue weighted by atomic mass is 9.51. The maximum absolute atomic E-state index is 14.2. The molecule has 0 bridgehead atoms. The van der Waals surface area contributed by atoms with Crippen molar-refractivity contribution in [2.75, 3.05) is 0 Å². The number of carbonyl (C=O) groups excluding carboxylic acids is 1. The minimum absolute atomic E-state index is 0.0378. The maximum Gasteiger partial charge on any atom is 0.417 e. The lowest BCUT2D eigenvalue weighted by Crippen LogP contribution is -2.58. The van der Waals surface area contributed by atoms with E-state index in [1.54, 1.807) is 25.1 Å². The molecule has 7 heteroatoms. The Kier molecular flexibility index (Phi) is 5.12. The molecule has 2 saturated carbocycles. The van der Waals surface area contributed by atoms with Crippen molar-refractivity contribution in [2.45, 2.75) is 69.6 Å². The van der Waals surface area contributed by atoms with Crippen LogP contribution in [0.15, 0.2) is 52.2 Å². The van der Waals surface area contributed by atoms with Gasteiger partial charge in [-0.15, -0.1) is 0 Å². The summed E-state index contributed by atoms with van der Waals surface area (Å²) in [5, 5.41) is 22.9. The number of halogens is 3. The molecule has 0 unspecified atom stereocenters. The molecular weight excluding hydrogens is 431 g/mol. The monoisotopic (exact) mass is 459 g/mol. The minimum atomic E-state index is -4.69. The van der Waals surface area contributed by atoms with Crippen LogP contribution in [-0.2, 0) is 4.79 Å². The third-order valence-electron chi connectivity index (χ3n) is 8.90. The second-order valence-corrected chi connectivity index (χ2v) is 10.3. The third kappa shape index (κ3) is 3.22. The Morgan fingerprint density at radius 1 is 1.12 bits per heavy atom. The zero-order valence-corrected chi connectivity index (χ0v) is 18.5. The first-order chi connectivity index (χ1) is 15.6. The fourth-order valence-corrected chi connectivity index (χ4v) is 7.31. The molecule has 5 rings (SSSR count). The molecule has 0 aliphatic heterocycles. The molecule has 0 heterocycles. The van der Waals surface area contributed by atoms with Crippen LogP contribution >= 0.6 is 0 Å². The molecule has 0 radical (unpaired) electrons. The van der Waals surface area contributed by atoms with Crippen LogP contribution in [0.2, 0.25) is 0 Å². The van der Waals surface area contributed by atoms with Crippen LogP contribution in [0.3, 0.4) is 0 Å². The fourth-order valence-electron chi connectivity index (χ4n) is 7.31. The molecule has 33 heavy (non-hydrogen) atoms. The third-order valence-corrected chi connectivity index (χ3v) is 8.90. The molecule has 4 nitrogen and oxygen atoms in total. The van der Waals surface area contributed by atoms with E-state index in [1.165, 1.54) is 11.8 Å². The molecule has 1 aromatic carbocycles. The highest BCUT2D eigenvalue weighted by Gasteiger charge is 2.72. The first kappa shape index (κ1) is 22.4. The molecule has 5 atom stereocenters. The number of alkyl halides is 3. The highest BCUT2D eigenvalue weighted by molar-refractivity contribution is 5.93. The molecule has 2 fully saturated rings. The Labute approximate surface area is 190 Å². The van der Waals surface area contributed by atoms with Crippen molar-refractivity contribution in [3.8, 4) is 0 Å². The number of hydrogen-bond donors (Lipinski definition) is 2. The van der Waals surface area contributed by atoms with Crippen molar-refractivity contribution in [2.24, 2.45) is 22.4 Å². The van der Waals surface area contributed by atoms with Gasteiger partial charge in [-0.3, -0.25) is 4.79 Å². The molecule has 0 amide bonds. The Hall–Kier alpha value is -2.41. The SMILES string of the molecule is C[C@]12C[C@H](c3ccc(/C=N/O)cc3)C3=C4CCC(=O)C=C4CC[C@H]3[C@@H]1CC[C@@]2(O)C(F)(F)F. The number of allylic oxidation sites excluding steroid dienone is 4. The number of hydrogen-bond acceptors (Lipinski definition) is 4. The smallest absolute Gasteiger partial charge is 0.411 e. The van der Waals surface area contributed by atoms with Gasteiger partial charge >= 0.3 is 6.18 Å². The normalized spacial score (nSPS) is 36.5. The van der Waals surface area contributed by atoms with Gasteiger partial charge in [0, 0.05) is 17.8 Å². The summed E-state index contributed by atoms with van der Waals surface area (Å²) in [4.78, 5) is 12.1. The lowest BCUT2D eigenvalue weighted by Gasteiger charge is -2.55. The van der Waals surface area contributed by atoms with Gasteiger partial charge in [-0.05, 0) is 78.7 Å². The number of carbonyl (C=O) groups is 1. The number of ketones is 1. The van der Waals surface area contributed by atoms with Crippen molar-refractivity contribution in [3.05, 3.63) is 58.2 Å². The van der Waals surface area contributed by atoms with Crippen molar-refractivity contribution in [1.82, 2.24) is 0 Å². The average molecular weight is 460 g/mol. The summed E-state index contributed by atoms with van der Waals surface area (Å²) in [6.07, 6.45) is 1.11. The zero-order valence-electron chi connectivity index (χ0n) is 18.5. The Morgan fingerprint density at radius 2 is 1.85 bits per heavy atom. The van der Waals surface area contributed by atoms with Crippen molar-refractivity contribution in [1.29, 1.82) is 0 Å². The van der Waals surface area contributed by atoms with E-state index in [1.807, 2.05) is 12.1 Å². The number of benzene rings is 1. The Balaban J connectivity index is 1.67. The van der Waals surface area contributed by atoms with Gasteiger partial charge in [0.05, 0.1) is 6.21 Å². The summed E-state index contributed by atoms with van der Waals surface area (Å²) in [6, 6.07) is 7.34. The van der Waals surface area contributed by atoms with Crippen LogP contribution in [-0.4, -0.2) is 34.1 Å². The van der Waals surface area contributed by atoms with Gasteiger partial charge in [-0.1, -0.05) is 41.9 Å². The number of fused-ring (bicyclic) bond motifs is 4. The number of oxime groups is 1. The van der Waals surface area contributed by atoms with Crippen molar-refractivity contribution in [3.63, 3.8) is 0 Å². The predicted octanol–water partition coefficient (Wildman–Crippen LogP) is 5.69. The first-order valence-corrected chi connectivity index (χ1v) is 11.6. The van der Waals surface area contributed by atoms with Gasteiger partial charge in [-0.2, -0.15) is 13.2 Å². The predicted molar refractivity (Wildman–Crippen MR) is 117 cm³/mol. The number of aliphatic hydroxyl groups is 1. The lowest BCUT2D eigenvalue weighted by molar-refractivity contribution is -0.299. The van der Waals surface area contributed by atoms with E-state index in [-0.39, 0.29) is 36.4 Å². The summed E-state index contributed by atoms with van der Waals surface area (Å²) in [5.41, 5.74) is 0.961. The zero-order chi connectivity index (χ0) is 23.6. The Morgan fingerprint density at radius 3 is 2.52 bits per heavy atom. The fraction of sp³-hybridized carbons (Fsp3) is 0.538. The molecule has 1 aromatic rings. The van der Waals surface area contributed by atoms with E-state index < -0.39 is 17.2 Å². The topological polar surface area (TPSA) is 69.9 Å². The summed E-state index contributed by atoms with van der Waals surface area (Å²) >= 11 is 0. The molecule has 2 N–H and O–H groups in total. The maximum atomic E-state index is 14.2. The van der Waals surface area contributed by atoms with Crippen molar-refractivity contribution >= 4 is 12.0 Å². The van der Waals surface area contributed by atoms with Crippen LogP contribution in [0.1, 0.15) is 68.9 Å². The average Bonchev–Trinajstić information content (AvgIpc) is 3.05. The molecule has 176 valence electrons. The van der Waals surface area contributed by atoms with Crippen LogP contribution in [0.4, 0.5) is 13.2 Å². The van der Waals surface area contributed by atoms with E-state index in [2.05, 4.69) is 5.16 Å². The molecule has 0 saturated heterocycles. The van der Waals surface area contributed by atoms with Crippen LogP contribution in [0.25, 0.3) is 0 Å². The van der Waals surface area contributed by atoms with E-state index in [9.17, 15) is 23.1 Å². The first-order valence-electron chi connectivity index (χ1n) is 11.6. The quantitative estimate of drug-likeness (QED) is 0.339. The highest BCUT2D eigenvalue weighted by Crippen LogP contribution is 2.69. The van der Waals surface area contributed by atoms with Gasteiger partial charge in [-0.25, -0.2) is 0 Å². The molecular formula is C26H28F3NO3. The standard InChI is InChI=1S/C26H28F3NO3/c1-24-13-21(16-4-2-15(3-5-16)14-30-33)23-19-9-7-18(31)12-17(19)6-8-20(23)22(24)10-11-25(24,32)26(27,28)29/h2-5,12,14,20-22,32-33H,6-11,13H2,1H3/b30-14+/t20-,21+,22-,24-,25-/m0/s1. The highest BCUT2D eigenvalue weighted by atomic mass is 19.4. The summed E-state index contributed by atoms with van der Waals surface area (Å²) in [7, 11) is 0. The van der Waals surface area contributed by atoms with E-state index in [0.717, 1.165) is 16.7 Å². The van der Waals surface area contributed by atoms with E-state index in [4.69, 9.17) is 5.21 Å². The second kappa shape index (κ2) is 7.55. The minimum Gasteiger partial charge on any atom is -0.411 e. The van der Waals surface area contributed by atoms with Crippen LogP contribution in [0, 0.1) is 17.3 Å². The number of rotatable bonds is 2. The van der Waals surface area contributed by atoms with Gasteiger partial charge in [0.15, 0.2) is 11.4 Å². The van der Waals surface area contributed by atoms with Crippen molar-refractivity contribution < 1.29 is 28.3 Å². The number of nitrogens with zero attached hydrogens (tertiary/aromatic N) is 1. The summed E-state index contributed by atoms with van der Waals surface area (Å²) in [5.74, 6) is -0.438. The molecule has 0 aromatic heterocycles. The van der Waals surface area contributed by atoms with Crippen LogP contribution in [0.5, 0.6) is 0 Å². The Bertz CT molecular complexity index is 1070. The largest absolute Gasteiger partial charge is 0.417 e. The second-order valence-electron chi connectivity index (χ2n) is 10.3. The van der Waals surface area contributed by atoms with E-state index in [0.29, 0.717) is 37.7 Å². The van der Waals surface area contributed by atoms with Crippen LogP contribution < -0.4 is 0 Å².